The second-order valence-electron chi connectivity index (χ2n) is 2.00. The SMILES string of the molecule is N#CCCn1ccnc1C=O. The average molecular weight is 149 g/mol. The number of hydrogen-bond donors (Lipinski definition) is 0. The first-order valence-electron chi connectivity index (χ1n) is 3.21. The highest BCUT2D eigenvalue weighted by atomic mass is 16.1. The van der Waals surface area contributed by atoms with E-state index in [1.165, 1.54) is 0 Å². The van der Waals surface area contributed by atoms with Crippen LogP contribution in [0.1, 0.15) is 17.0 Å². The largest absolute Gasteiger partial charge is 0.328 e. The van der Waals surface area contributed by atoms with Crippen LogP contribution in [0.15, 0.2) is 12.4 Å². The average Bonchev–Trinajstić information content (AvgIpc) is 2.47. The van der Waals surface area contributed by atoms with Gasteiger partial charge in [0.05, 0.1) is 12.5 Å². The lowest BCUT2D eigenvalue weighted by Gasteiger charge is -1.97. The van der Waals surface area contributed by atoms with Gasteiger partial charge in [-0.25, -0.2) is 4.98 Å². The zero-order chi connectivity index (χ0) is 8.10. The Kier molecular flexibility index (Phi) is 2.39. The fourth-order valence-corrected chi connectivity index (χ4v) is 0.798. The van der Waals surface area contributed by atoms with E-state index in [4.69, 9.17) is 5.26 Å². The molecule has 0 aliphatic heterocycles. The van der Waals surface area contributed by atoms with Gasteiger partial charge in [0.1, 0.15) is 0 Å². The minimum Gasteiger partial charge on any atom is -0.328 e. The monoisotopic (exact) mass is 149 g/mol. The van der Waals surface area contributed by atoms with Crippen molar-refractivity contribution >= 4 is 6.29 Å². The summed E-state index contributed by atoms with van der Waals surface area (Å²) in [5.41, 5.74) is 0. The van der Waals surface area contributed by atoms with E-state index in [0.717, 1.165) is 0 Å². The molecule has 0 atom stereocenters. The Balaban J connectivity index is 2.70. The second kappa shape index (κ2) is 3.52. The van der Waals surface area contributed by atoms with Gasteiger partial charge in [-0.2, -0.15) is 5.26 Å². The number of nitrogens with zero attached hydrogens (tertiary/aromatic N) is 3. The third-order valence-corrected chi connectivity index (χ3v) is 1.32. The normalized spacial score (nSPS) is 9.00. The molecule has 4 nitrogen and oxygen atoms in total. The van der Waals surface area contributed by atoms with Crippen LogP contribution >= 0.6 is 0 Å². The van der Waals surface area contributed by atoms with Gasteiger partial charge in [0.25, 0.3) is 0 Å². The smallest absolute Gasteiger partial charge is 0.185 e. The van der Waals surface area contributed by atoms with E-state index in [-0.39, 0.29) is 0 Å². The van der Waals surface area contributed by atoms with Crippen LogP contribution in [0.3, 0.4) is 0 Å². The maximum Gasteiger partial charge on any atom is 0.185 e. The first-order valence-corrected chi connectivity index (χ1v) is 3.21. The molecule has 0 N–H and O–H groups in total. The Morgan fingerprint density at radius 2 is 2.64 bits per heavy atom. The highest BCUT2D eigenvalue weighted by Gasteiger charge is 1.98. The van der Waals surface area contributed by atoms with E-state index in [1.807, 2.05) is 6.07 Å². The zero-order valence-electron chi connectivity index (χ0n) is 5.90. The lowest BCUT2D eigenvalue weighted by Crippen LogP contribution is -2.00. The molecule has 1 rings (SSSR count). The molecular formula is C7H7N3O. The Hall–Kier alpha value is -1.63. The van der Waals surface area contributed by atoms with Gasteiger partial charge >= 0.3 is 0 Å². The number of imidazole rings is 1. The van der Waals surface area contributed by atoms with E-state index in [9.17, 15) is 4.79 Å². The number of carbonyl (C=O) groups is 1. The molecular weight excluding hydrogens is 142 g/mol. The molecule has 1 heterocycles. The van der Waals surface area contributed by atoms with Gasteiger partial charge in [0.2, 0.25) is 0 Å². The minimum atomic E-state index is 0.375. The summed E-state index contributed by atoms with van der Waals surface area (Å²) in [7, 11) is 0. The maximum absolute atomic E-state index is 10.3. The van der Waals surface area contributed by atoms with Crippen LogP contribution in [-0.2, 0) is 6.54 Å². The van der Waals surface area contributed by atoms with Crippen molar-refractivity contribution in [2.45, 2.75) is 13.0 Å². The molecule has 0 saturated heterocycles. The molecule has 4 heteroatoms. The molecule has 0 saturated carbocycles. The summed E-state index contributed by atoms with van der Waals surface area (Å²) in [6.07, 6.45) is 4.30. The van der Waals surface area contributed by atoms with Gasteiger partial charge in [0, 0.05) is 18.9 Å². The summed E-state index contributed by atoms with van der Waals surface area (Å²) >= 11 is 0. The second-order valence-corrected chi connectivity index (χ2v) is 2.00. The van der Waals surface area contributed by atoms with Gasteiger partial charge in [-0.1, -0.05) is 0 Å². The number of rotatable bonds is 3. The van der Waals surface area contributed by atoms with Crippen LogP contribution in [0.25, 0.3) is 0 Å². The first kappa shape index (κ1) is 7.48. The van der Waals surface area contributed by atoms with E-state index >= 15 is 0 Å². The molecule has 1 aromatic heterocycles. The lowest BCUT2D eigenvalue weighted by molar-refractivity contribution is 0.111. The Labute approximate surface area is 64.1 Å². The fraction of sp³-hybridized carbons (Fsp3) is 0.286. The molecule has 0 bridgehead atoms. The Morgan fingerprint density at radius 3 is 3.27 bits per heavy atom. The molecule has 1 aromatic rings. The summed E-state index contributed by atoms with van der Waals surface area (Å²) in [5.74, 6) is 0.375. The lowest BCUT2D eigenvalue weighted by atomic mass is 10.4. The predicted molar refractivity (Wildman–Crippen MR) is 37.8 cm³/mol. The number of hydrogen-bond acceptors (Lipinski definition) is 3. The molecule has 0 fully saturated rings. The Bertz CT molecular complexity index is 284. The number of aryl methyl sites for hydroxylation is 1. The van der Waals surface area contributed by atoms with Crippen molar-refractivity contribution in [1.29, 1.82) is 5.26 Å². The maximum atomic E-state index is 10.3. The van der Waals surface area contributed by atoms with Crippen molar-refractivity contribution in [3.05, 3.63) is 18.2 Å². The van der Waals surface area contributed by atoms with E-state index in [1.54, 1.807) is 17.0 Å². The summed E-state index contributed by atoms with van der Waals surface area (Å²) in [6.45, 7) is 0.532. The van der Waals surface area contributed by atoms with E-state index in [0.29, 0.717) is 25.1 Å². The third-order valence-electron chi connectivity index (χ3n) is 1.32. The van der Waals surface area contributed by atoms with Crippen molar-refractivity contribution in [1.82, 2.24) is 9.55 Å². The van der Waals surface area contributed by atoms with E-state index in [2.05, 4.69) is 4.98 Å². The molecule has 0 radical (unpaired) electrons. The number of carbonyl (C=O) groups excluding carboxylic acids is 1. The number of aldehydes is 1. The van der Waals surface area contributed by atoms with Crippen molar-refractivity contribution in [3.8, 4) is 6.07 Å². The van der Waals surface area contributed by atoms with Crippen molar-refractivity contribution in [2.24, 2.45) is 0 Å². The van der Waals surface area contributed by atoms with Crippen LogP contribution in [-0.4, -0.2) is 15.8 Å². The number of nitriles is 1. The number of aromatic nitrogens is 2. The predicted octanol–water partition coefficient (Wildman–Crippen LogP) is 0.609. The molecule has 56 valence electrons. The van der Waals surface area contributed by atoms with Crippen molar-refractivity contribution in [3.63, 3.8) is 0 Å². The van der Waals surface area contributed by atoms with Gasteiger partial charge in [0.15, 0.2) is 12.1 Å². The van der Waals surface area contributed by atoms with E-state index < -0.39 is 0 Å². The molecule has 0 unspecified atom stereocenters. The van der Waals surface area contributed by atoms with Crippen LogP contribution in [0.5, 0.6) is 0 Å². The summed E-state index contributed by atoms with van der Waals surface area (Å²) in [5, 5.41) is 8.26. The molecule has 0 aliphatic rings. The van der Waals surface area contributed by atoms with Crippen LogP contribution in [0, 0.1) is 11.3 Å². The van der Waals surface area contributed by atoms with Crippen LogP contribution in [0.4, 0.5) is 0 Å². The molecule has 11 heavy (non-hydrogen) atoms. The van der Waals surface area contributed by atoms with Gasteiger partial charge in [-0.15, -0.1) is 0 Å². The van der Waals surface area contributed by atoms with Gasteiger partial charge < -0.3 is 4.57 Å². The molecule has 0 amide bonds. The molecule has 0 spiro atoms. The topological polar surface area (TPSA) is 58.7 Å². The standard InChI is InChI=1S/C7H7N3O/c8-2-1-4-10-5-3-9-7(10)6-11/h3,5-6H,1,4H2. The Morgan fingerprint density at radius 1 is 1.82 bits per heavy atom. The molecule has 0 aromatic carbocycles. The van der Waals surface area contributed by atoms with Gasteiger partial charge in [-0.3, -0.25) is 4.79 Å². The quantitative estimate of drug-likeness (QED) is 0.591. The summed E-state index contributed by atoms with van der Waals surface area (Å²) < 4.78 is 1.65. The highest BCUT2D eigenvalue weighted by molar-refractivity contribution is 5.69. The summed E-state index contributed by atoms with van der Waals surface area (Å²) in [4.78, 5) is 14.1. The minimum absolute atomic E-state index is 0.375. The third kappa shape index (κ3) is 1.64. The van der Waals surface area contributed by atoms with Crippen molar-refractivity contribution < 1.29 is 4.79 Å². The van der Waals surface area contributed by atoms with Crippen LogP contribution < -0.4 is 0 Å². The summed E-state index contributed by atoms with van der Waals surface area (Å²) in [6, 6.07) is 1.99. The highest BCUT2D eigenvalue weighted by Crippen LogP contribution is 1.95. The first-order chi connectivity index (χ1) is 5.38. The van der Waals surface area contributed by atoms with Crippen LogP contribution in [0.2, 0.25) is 0 Å². The fourth-order valence-electron chi connectivity index (χ4n) is 0.798. The zero-order valence-corrected chi connectivity index (χ0v) is 5.90. The molecule has 0 aliphatic carbocycles. The van der Waals surface area contributed by atoms with Gasteiger partial charge in [-0.05, 0) is 0 Å². The van der Waals surface area contributed by atoms with Crippen molar-refractivity contribution in [2.75, 3.05) is 0 Å².